The molecule has 0 saturated heterocycles. The van der Waals surface area contributed by atoms with Crippen molar-refractivity contribution in [2.75, 3.05) is 5.32 Å². The molecule has 0 aliphatic carbocycles. The predicted molar refractivity (Wildman–Crippen MR) is 176 cm³/mol. The van der Waals surface area contributed by atoms with Crippen molar-refractivity contribution in [3.8, 4) is 11.6 Å². The van der Waals surface area contributed by atoms with Gasteiger partial charge in [-0.3, -0.25) is 9.59 Å². The lowest BCUT2D eigenvalue weighted by Crippen LogP contribution is -2.20. The number of amides is 1. The molecule has 0 radical (unpaired) electrons. The smallest absolute Gasteiger partial charge is 0.282 e. The summed E-state index contributed by atoms with van der Waals surface area (Å²) in [6, 6.07) is 28.9. The van der Waals surface area contributed by atoms with Gasteiger partial charge < -0.3 is 14.3 Å². The van der Waals surface area contributed by atoms with Gasteiger partial charge in [0.1, 0.15) is 12.1 Å². The van der Waals surface area contributed by atoms with Gasteiger partial charge in [0.25, 0.3) is 5.56 Å². The summed E-state index contributed by atoms with van der Waals surface area (Å²) in [5.74, 6) is 0.434. The van der Waals surface area contributed by atoms with Gasteiger partial charge >= 0.3 is 0 Å². The molecule has 3 heterocycles. The predicted octanol–water partition coefficient (Wildman–Crippen LogP) is 7.90. The maximum Gasteiger partial charge on any atom is 0.282 e. The molecule has 0 aliphatic heterocycles. The Morgan fingerprint density at radius 3 is 2.48 bits per heavy atom. The molecular formula is C34H23Cl2N5O3. The molecule has 8 nitrogen and oxygen atoms in total. The fourth-order valence-electron chi connectivity index (χ4n) is 5.33. The molecule has 7 rings (SSSR count). The van der Waals surface area contributed by atoms with Crippen LogP contribution in [0.1, 0.15) is 11.3 Å². The van der Waals surface area contributed by atoms with Crippen LogP contribution in [0.25, 0.3) is 44.4 Å². The molecule has 0 unspecified atom stereocenters. The summed E-state index contributed by atoms with van der Waals surface area (Å²) in [6.07, 6.45) is 1.63. The van der Waals surface area contributed by atoms with E-state index in [1.54, 1.807) is 72.9 Å². The Morgan fingerprint density at radius 1 is 0.932 bits per heavy atom. The first-order chi connectivity index (χ1) is 21.4. The zero-order valence-corrected chi connectivity index (χ0v) is 24.8. The van der Waals surface area contributed by atoms with Gasteiger partial charge in [0.05, 0.1) is 17.1 Å². The highest BCUT2D eigenvalue weighted by atomic mass is 35.5. The van der Waals surface area contributed by atoms with Crippen molar-refractivity contribution in [1.82, 2.24) is 14.2 Å². The average molecular weight is 620 g/mol. The minimum absolute atomic E-state index is 0.0765. The number of anilines is 1. The zero-order valence-electron chi connectivity index (χ0n) is 23.3. The molecule has 0 aliphatic rings. The van der Waals surface area contributed by atoms with Crippen molar-refractivity contribution in [3.63, 3.8) is 0 Å². The zero-order chi connectivity index (χ0) is 30.4. The summed E-state index contributed by atoms with van der Waals surface area (Å²) in [5.41, 5.74) is 3.87. The van der Waals surface area contributed by atoms with Crippen molar-refractivity contribution in [2.24, 2.45) is 5.10 Å². The summed E-state index contributed by atoms with van der Waals surface area (Å²) >= 11 is 12.2. The molecule has 44 heavy (non-hydrogen) atoms. The van der Waals surface area contributed by atoms with E-state index in [0.29, 0.717) is 38.0 Å². The molecule has 0 saturated carbocycles. The van der Waals surface area contributed by atoms with Gasteiger partial charge in [-0.1, -0.05) is 53.5 Å². The monoisotopic (exact) mass is 619 g/mol. The fourth-order valence-corrected chi connectivity index (χ4v) is 5.64. The van der Waals surface area contributed by atoms with E-state index in [2.05, 4.69) is 10.4 Å². The minimum atomic E-state index is -0.343. The molecule has 7 aromatic rings. The Bertz CT molecular complexity index is 2320. The van der Waals surface area contributed by atoms with E-state index in [9.17, 15) is 9.59 Å². The Balaban J connectivity index is 1.32. The van der Waals surface area contributed by atoms with Gasteiger partial charge in [0.15, 0.2) is 5.76 Å². The van der Waals surface area contributed by atoms with Crippen LogP contribution in [0.2, 0.25) is 10.0 Å². The fraction of sp³-hybridized carbons (Fsp3) is 0.0588. The van der Waals surface area contributed by atoms with Crippen LogP contribution < -0.4 is 10.9 Å². The van der Waals surface area contributed by atoms with Gasteiger partial charge in [0.2, 0.25) is 11.7 Å². The largest absolute Gasteiger partial charge is 0.453 e. The van der Waals surface area contributed by atoms with Gasteiger partial charge in [-0.15, -0.1) is 0 Å². The van der Waals surface area contributed by atoms with Gasteiger partial charge in [0, 0.05) is 43.3 Å². The van der Waals surface area contributed by atoms with E-state index in [1.165, 1.54) is 4.68 Å². The molecule has 10 heteroatoms. The summed E-state index contributed by atoms with van der Waals surface area (Å²) in [6.45, 7) is 2.00. The number of halogens is 2. The molecular weight excluding hydrogens is 597 g/mol. The van der Waals surface area contributed by atoms with Crippen LogP contribution in [-0.4, -0.2) is 26.3 Å². The van der Waals surface area contributed by atoms with Crippen molar-refractivity contribution >= 4 is 73.8 Å². The molecule has 0 fully saturated rings. The van der Waals surface area contributed by atoms with E-state index in [0.717, 1.165) is 27.5 Å². The van der Waals surface area contributed by atoms with E-state index in [1.807, 2.05) is 41.8 Å². The molecule has 0 atom stereocenters. The Hall–Kier alpha value is -5.18. The second-order valence-corrected chi connectivity index (χ2v) is 11.1. The second kappa shape index (κ2) is 11.1. The number of aromatic nitrogens is 3. The van der Waals surface area contributed by atoms with Crippen molar-refractivity contribution < 1.29 is 9.21 Å². The first-order valence-corrected chi connectivity index (χ1v) is 14.5. The highest BCUT2D eigenvalue weighted by Gasteiger charge is 2.19. The number of para-hydroxylation sites is 2. The molecule has 216 valence electrons. The van der Waals surface area contributed by atoms with Crippen LogP contribution in [0.3, 0.4) is 0 Å². The highest BCUT2D eigenvalue weighted by molar-refractivity contribution is 6.31. The number of furan rings is 1. The van der Waals surface area contributed by atoms with Crippen molar-refractivity contribution in [2.45, 2.75) is 13.5 Å². The third-order valence-corrected chi connectivity index (χ3v) is 7.95. The van der Waals surface area contributed by atoms with E-state index < -0.39 is 0 Å². The normalized spacial score (nSPS) is 11.7. The Morgan fingerprint density at radius 2 is 1.66 bits per heavy atom. The number of carbonyl (C=O) groups excluding carboxylic acids is 1. The Labute approximate surface area is 260 Å². The topological polar surface area (TPSA) is 94.4 Å². The highest BCUT2D eigenvalue weighted by Crippen LogP contribution is 2.30. The third-order valence-electron chi connectivity index (χ3n) is 7.46. The summed E-state index contributed by atoms with van der Waals surface area (Å²) in [4.78, 5) is 31.6. The lowest BCUT2D eigenvalue weighted by Gasteiger charge is -2.10. The molecule has 4 aromatic carbocycles. The van der Waals surface area contributed by atoms with E-state index in [4.69, 9.17) is 32.6 Å². The van der Waals surface area contributed by atoms with E-state index >= 15 is 0 Å². The lowest BCUT2D eigenvalue weighted by molar-refractivity contribution is -0.116. The SMILES string of the molecule is Cc1c(C=Nn2c(-c3cc4cc(Cl)ccc4o3)nc3ccccc3c2=O)c2ccccc2n1CC(=O)Nc1ccc(Cl)cc1. The number of hydrogen-bond acceptors (Lipinski definition) is 5. The average Bonchev–Trinajstić information content (AvgIpc) is 3.56. The van der Waals surface area contributed by atoms with Crippen molar-refractivity contribution in [3.05, 3.63) is 129 Å². The quantitative estimate of drug-likeness (QED) is 0.191. The maximum atomic E-state index is 13.8. The molecule has 0 spiro atoms. The molecule has 1 N–H and O–H groups in total. The first kappa shape index (κ1) is 27.6. The minimum Gasteiger partial charge on any atom is -0.453 e. The molecule has 0 bridgehead atoms. The molecule has 1 amide bonds. The van der Waals surface area contributed by atoms with Crippen molar-refractivity contribution in [1.29, 1.82) is 0 Å². The number of benzene rings is 4. The van der Waals surface area contributed by atoms with Gasteiger partial charge in [-0.25, -0.2) is 4.98 Å². The third kappa shape index (κ3) is 5.04. The van der Waals surface area contributed by atoms with Gasteiger partial charge in [-0.2, -0.15) is 9.78 Å². The van der Waals surface area contributed by atoms with E-state index in [-0.39, 0.29) is 23.8 Å². The summed E-state index contributed by atoms with van der Waals surface area (Å²) in [7, 11) is 0. The van der Waals surface area contributed by atoms with Crippen LogP contribution in [0.4, 0.5) is 5.69 Å². The number of nitrogens with zero attached hydrogens (tertiary/aromatic N) is 4. The standard InChI is InChI=1S/C34H23Cl2N5O3/c1-20-27(25-6-3-5-9-29(25)40(20)19-32(42)38-24-13-10-22(35)11-14-24)18-37-41-33(39-28-8-4-2-7-26(28)34(41)43)31-17-21-16-23(36)12-15-30(21)44-31/h2-18H,19H2,1H3,(H,38,42). The number of carbonyl (C=O) groups is 1. The maximum absolute atomic E-state index is 13.8. The first-order valence-electron chi connectivity index (χ1n) is 13.7. The summed E-state index contributed by atoms with van der Waals surface area (Å²) in [5, 5.41) is 10.8. The number of rotatable bonds is 6. The van der Waals surface area contributed by atoms with Crippen LogP contribution >= 0.6 is 23.2 Å². The second-order valence-electron chi connectivity index (χ2n) is 10.3. The number of hydrogen-bond donors (Lipinski definition) is 1. The van der Waals surface area contributed by atoms with Crippen LogP contribution in [-0.2, 0) is 11.3 Å². The number of fused-ring (bicyclic) bond motifs is 3. The Kier molecular flexibility index (Phi) is 7.00. The van der Waals surface area contributed by atoms with Gasteiger partial charge in [-0.05, 0) is 73.7 Å². The lowest BCUT2D eigenvalue weighted by atomic mass is 10.1. The van der Waals surface area contributed by atoms with Crippen LogP contribution in [0, 0.1) is 6.92 Å². The van der Waals surface area contributed by atoms with Crippen LogP contribution in [0.15, 0.2) is 111 Å². The van der Waals surface area contributed by atoms with Crippen LogP contribution in [0.5, 0.6) is 0 Å². The summed E-state index contributed by atoms with van der Waals surface area (Å²) < 4.78 is 9.27. The number of nitrogens with one attached hydrogen (secondary N) is 1. The molecule has 3 aromatic heterocycles.